The molecule has 9 nitrogen and oxygen atoms in total. The average Bonchev–Trinajstić information content (AvgIpc) is 3.02. The summed E-state index contributed by atoms with van der Waals surface area (Å²) in [4.78, 5) is 12.8. The number of hydrogen-bond acceptors (Lipinski definition) is 7. The number of tetrazole rings is 1. The summed E-state index contributed by atoms with van der Waals surface area (Å²) < 4.78 is 27.5. The fourth-order valence-corrected chi connectivity index (χ4v) is 4.02. The minimum Gasteiger partial charge on any atom is -0.325 e. The van der Waals surface area contributed by atoms with Gasteiger partial charge in [0, 0.05) is 26.3 Å². The van der Waals surface area contributed by atoms with E-state index in [1.165, 1.54) is 38.0 Å². The van der Waals surface area contributed by atoms with Crippen LogP contribution in [-0.4, -0.2) is 58.2 Å². The van der Waals surface area contributed by atoms with E-state index in [4.69, 9.17) is 0 Å². The Labute approximate surface area is 169 Å². The molecule has 1 atom stereocenters. The maximum Gasteiger partial charge on any atom is 0.242 e. The van der Waals surface area contributed by atoms with E-state index in [1.807, 2.05) is 6.92 Å². The Morgan fingerprint density at radius 1 is 1.29 bits per heavy atom. The summed E-state index contributed by atoms with van der Waals surface area (Å²) in [5.41, 5.74) is 1.23. The lowest BCUT2D eigenvalue weighted by atomic mass is 10.2. The van der Waals surface area contributed by atoms with Crippen LogP contribution in [0.25, 0.3) is 0 Å². The molecule has 11 heteroatoms. The Morgan fingerprint density at radius 2 is 1.96 bits per heavy atom. The third-order valence-corrected chi connectivity index (χ3v) is 6.82. The molecule has 0 spiro atoms. The summed E-state index contributed by atoms with van der Waals surface area (Å²) in [5.74, 6) is 0.114. The Balaban J connectivity index is 2.15. The standard InChI is InChI=1S/C17H26N6O3S2/c1-11(2)10-23-17(19-20-21-23)27-13(4)16(24)18-15-9-14(8-7-12(15)3)28(25,26)22(5)6/h7-9,11,13H,10H2,1-6H3,(H,18,24)/t13-/m0/s1. The van der Waals surface area contributed by atoms with Gasteiger partial charge in [0.2, 0.25) is 21.1 Å². The Hall–Kier alpha value is -1.98. The van der Waals surface area contributed by atoms with Crippen molar-refractivity contribution < 1.29 is 13.2 Å². The number of hydrogen-bond donors (Lipinski definition) is 1. The lowest BCUT2D eigenvalue weighted by Crippen LogP contribution is -2.25. The maximum atomic E-state index is 12.6. The van der Waals surface area contributed by atoms with Crippen LogP contribution in [0.4, 0.5) is 5.69 Å². The van der Waals surface area contributed by atoms with Crippen LogP contribution in [0.2, 0.25) is 0 Å². The molecule has 2 aromatic rings. The van der Waals surface area contributed by atoms with Gasteiger partial charge < -0.3 is 5.32 Å². The minimum atomic E-state index is -3.58. The van der Waals surface area contributed by atoms with E-state index < -0.39 is 15.3 Å². The van der Waals surface area contributed by atoms with E-state index in [0.29, 0.717) is 23.3 Å². The van der Waals surface area contributed by atoms with E-state index in [2.05, 4.69) is 34.7 Å². The summed E-state index contributed by atoms with van der Waals surface area (Å²) in [5, 5.41) is 14.5. The highest BCUT2D eigenvalue weighted by atomic mass is 32.2. The maximum absolute atomic E-state index is 12.6. The second-order valence-corrected chi connectivity index (χ2v) is 10.5. The van der Waals surface area contributed by atoms with Crippen LogP contribution in [0.15, 0.2) is 28.3 Å². The van der Waals surface area contributed by atoms with Crippen molar-refractivity contribution in [3.8, 4) is 0 Å². The van der Waals surface area contributed by atoms with Gasteiger partial charge in [-0.05, 0) is 47.9 Å². The highest BCUT2D eigenvalue weighted by Gasteiger charge is 2.22. The summed E-state index contributed by atoms with van der Waals surface area (Å²) in [6.07, 6.45) is 0. The number of aromatic nitrogens is 4. The quantitative estimate of drug-likeness (QED) is 0.643. The van der Waals surface area contributed by atoms with Crippen molar-refractivity contribution in [3.63, 3.8) is 0 Å². The molecular formula is C17H26N6O3S2. The van der Waals surface area contributed by atoms with Gasteiger partial charge in [0.1, 0.15) is 0 Å². The third-order valence-electron chi connectivity index (χ3n) is 3.93. The average molecular weight is 427 g/mol. The molecule has 28 heavy (non-hydrogen) atoms. The largest absolute Gasteiger partial charge is 0.325 e. The van der Waals surface area contributed by atoms with Crippen LogP contribution in [0.5, 0.6) is 0 Å². The fourth-order valence-electron chi connectivity index (χ4n) is 2.29. The number of aryl methyl sites for hydroxylation is 1. The number of anilines is 1. The van der Waals surface area contributed by atoms with Crippen molar-refractivity contribution in [2.75, 3.05) is 19.4 Å². The lowest BCUT2D eigenvalue weighted by molar-refractivity contribution is -0.115. The Kier molecular flexibility index (Phi) is 7.18. The SMILES string of the molecule is Cc1ccc(S(=O)(=O)N(C)C)cc1NC(=O)[C@H](C)Sc1nnnn1CC(C)C. The molecule has 1 aromatic carbocycles. The van der Waals surface area contributed by atoms with Crippen LogP contribution in [0.3, 0.4) is 0 Å². The second kappa shape index (κ2) is 9.01. The van der Waals surface area contributed by atoms with Gasteiger partial charge in [-0.2, -0.15) is 0 Å². The summed E-state index contributed by atoms with van der Waals surface area (Å²) in [6.45, 7) is 8.34. The van der Waals surface area contributed by atoms with Crippen LogP contribution in [0.1, 0.15) is 26.3 Å². The second-order valence-electron chi connectivity index (χ2n) is 7.05. The zero-order valence-electron chi connectivity index (χ0n) is 16.9. The van der Waals surface area contributed by atoms with Gasteiger partial charge in [-0.3, -0.25) is 4.79 Å². The molecule has 2 rings (SSSR count). The molecule has 0 radical (unpaired) electrons. The van der Waals surface area contributed by atoms with Crippen LogP contribution in [0, 0.1) is 12.8 Å². The molecule has 1 heterocycles. The Morgan fingerprint density at radius 3 is 2.57 bits per heavy atom. The van der Waals surface area contributed by atoms with Crippen molar-refractivity contribution in [1.82, 2.24) is 24.5 Å². The molecule has 0 saturated carbocycles. The first-order valence-electron chi connectivity index (χ1n) is 8.79. The molecule has 1 N–H and O–H groups in total. The minimum absolute atomic E-state index is 0.125. The zero-order chi connectivity index (χ0) is 21.1. The number of amides is 1. The number of nitrogens with zero attached hydrogens (tertiary/aromatic N) is 5. The topological polar surface area (TPSA) is 110 Å². The Bertz CT molecular complexity index is 940. The first kappa shape index (κ1) is 22.3. The molecule has 0 saturated heterocycles. The van der Waals surface area contributed by atoms with Gasteiger partial charge in [-0.15, -0.1) is 5.10 Å². The van der Waals surface area contributed by atoms with Crippen molar-refractivity contribution in [2.24, 2.45) is 5.92 Å². The van der Waals surface area contributed by atoms with Gasteiger partial charge in [0.05, 0.1) is 10.1 Å². The fraction of sp³-hybridized carbons (Fsp3) is 0.529. The molecule has 0 aliphatic rings. The van der Waals surface area contributed by atoms with E-state index >= 15 is 0 Å². The van der Waals surface area contributed by atoms with Crippen molar-refractivity contribution in [2.45, 2.75) is 49.5 Å². The molecule has 0 aliphatic carbocycles. The number of sulfonamides is 1. The normalized spacial score (nSPS) is 13.1. The molecule has 1 amide bonds. The number of carbonyl (C=O) groups is 1. The molecule has 0 fully saturated rings. The molecule has 0 unspecified atom stereocenters. The van der Waals surface area contributed by atoms with E-state index in [9.17, 15) is 13.2 Å². The highest BCUT2D eigenvalue weighted by Crippen LogP contribution is 2.25. The number of rotatable bonds is 8. The van der Waals surface area contributed by atoms with Crippen molar-refractivity contribution in [1.29, 1.82) is 0 Å². The first-order valence-corrected chi connectivity index (χ1v) is 11.1. The van der Waals surface area contributed by atoms with Crippen molar-refractivity contribution >= 4 is 33.4 Å². The first-order chi connectivity index (χ1) is 13.0. The number of thioether (sulfide) groups is 1. The number of benzene rings is 1. The summed E-state index contributed by atoms with van der Waals surface area (Å²) in [6, 6.07) is 4.67. The van der Waals surface area contributed by atoms with Gasteiger partial charge >= 0.3 is 0 Å². The van der Waals surface area contributed by atoms with E-state index in [0.717, 1.165) is 9.87 Å². The smallest absolute Gasteiger partial charge is 0.242 e. The predicted octanol–water partition coefficient (Wildman–Crippen LogP) is 2.01. The highest BCUT2D eigenvalue weighted by molar-refractivity contribution is 8.00. The summed E-state index contributed by atoms with van der Waals surface area (Å²) in [7, 11) is -0.652. The predicted molar refractivity (Wildman–Crippen MR) is 109 cm³/mol. The van der Waals surface area contributed by atoms with Gasteiger partial charge in [0.25, 0.3) is 0 Å². The van der Waals surface area contributed by atoms with E-state index in [1.54, 1.807) is 17.7 Å². The zero-order valence-corrected chi connectivity index (χ0v) is 18.5. The molecular weight excluding hydrogens is 400 g/mol. The van der Waals surface area contributed by atoms with Gasteiger partial charge in [0.15, 0.2) is 0 Å². The third kappa shape index (κ3) is 5.30. The lowest BCUT2D eigenvalue weighted by Gasteiger charge is -2.16. The molecule has 1 aromatic heterocycles. The van der Waals surface area contributed by atoms with Crippen LogP contribution in [-0.2, 0) is 21.4 Å². The molecule has 0 aliphatic heterocycles. The van der Waals surface area contributed by atoms with Crippen LogP contribution >= 0.6 is 11.8 Å². The number of carbonyl (C=O) groups excluding carboxylic acids is 1. The van der Waals surface area contributed by atoms with Crippen LogP contribution < -0.4 is 5.32 Å². The molecule has 154 valence electrons. The van der Waals surface area contributed by atoms with Gasteiger partial charge in [-0.25, -0.2) is 17.4 Å². The summed E-state index contributed by atoms with van der Waals surface area (Å²) >= 11 is 1.26. The number of nitrogens with one attached hydrogen (secondary N) is 1. The van der Waals surface area contributed by atoms with Crippen molar-refractivity contribution in [3.05, 3.63) is 23.8 Å². The van der Waals surface area contributed by atoms with E-state index in [-0.39, 0.29) is 10.8 Å². The van der Waals surface area contributed by atoms with Gasteiger partial charge in [-0.1, -0.05) is 31.7 Å². The monoisotopic (exact) mass is 426 g/mol. The molecule has 0 bridgehead atoms.